The summed E-state index contributed by atoms with van der Waals surface area (Å²) in [7, 11) is 0. The van der Waals surface area contributed by atoms with Crippen molar-refractivity contribution in [3.8, 4) is 48.9 Å². The van der Waals surface area contributed by atoms with Gasteiger partial charge in [0.05, 0.1) is 9.40 Å². The Balaban J connectivity index is 0.000000129. The monoisotopic (exact) mass is 844 g/mol. The number of thiophene rings is 2. The molecule has 0 atom stereocenters. The summed E-state index contributed by atoms with van der Waals surface area (Å²) in [5, 5.41) is 9.71. The first kappa shape index (κ1) is 35.7. The predicted octanol–water partition coefficient (Wildman–Crippen LogP) is 14.1. The van der Waals surface area contributed by atoms with Gasteiger partial charge in [0.2, 0.25) is 0 Å². The molecule has 0 unspecified atom stereocenters. The molecule has 10 rings (SSSR count). The maximum Gasteiger partial charge on any atom is 0.0512 e. The normalized spacial score (nSPS) is 10.4. The van der Waals surface area contributed by atoms with E-state index in [2.05, 4.69) is 155 Å². The number of rotatable bonds is 0. The van der Waals surface area contributed by atoms with E-state index in [1.54, 1.807) is 22.7 Å². The van der Waals surface area contributed by atoms with Crippen LogP contribution >= 0.6 is 45.3 Å². The third-order valence-electron chi connectivity index (χ3n) is 9.37. The van der Waals surface area contributed by atoms with E-state index >= 15 is 0 Å². The molecule has 55 heavy (non-hydrogen) atoms. The van der Waals surface area contributed by atoms with Crippen molar-refractivity contribution >= 4 is 107 Å². The number of halogens is 1. The standard InChI is InChI=1S/C26H14S.C14H8S.C12H7I/c1-2-18-8-5-9-19-10-6-11-20(25(18)19)16-17-21-12-7-14-23-22-13-3-4-15-24(22)27-26(21)23;1-2-10-6-5-8-12-11-7-3-4-9-13(11)15-14(10)12;1-2-9-5-3-6-10-7-4-8-11(13)12(9)10/h1,3-15H;1,3-9H;1,3-8H. The molecule has 2 aromatic heterocycles. The molecule has 2 heterocycles. The van der Waals surface area contributed by atoms with Crippen molar-refractivity contribution < 1.29 is 0 Å². The van der Waals surface area contributed by atoms with E-state index in [1.165, 1.54) is 54.7 Å². The molecule has 0 saturated carbocycles. The van der Waals surface area contributed by atoms with Gasteiger partial charge in [0, 0.05) is 73.1 Å². The van der Waals surface area contributed by atoms with Crippen molar-refractivity contribution in [2.24, 2.45) is 0 Å². The van der Waals surface area contributed by atoms with Crippen LogP contribution in [0.4, 0.5) is 0 Å². The van der Waals surface area contributed by atoms with Gasteiger partial charge in [-0.25, -0.2) is 0 Å². The van der Waals surface area contributed by atoms with Crippen molar-refractivity contribution in [2.75, 3.05) is 0 Å². The SMILES string of the molecule is C#Cc1cccc2c1sc1ccccc12.C#Cc1cccc2cccc(C#Cc3cccc4c3sc3ccccc34)c12.C#Cc1cccc2cccc(I)c12. The number of benzene rings is 8. The maximum absolute atomic E-state index is 5.71. The van der Waals surface area contributed by atoms with E-state index in [1.807, 2.05) is 54.6 Å². The van der Waals surface area contributed by atoms with Crippen molar-refractivity contribution in [3.63, 3.8) is 0 Å². The van der Waals surface area contributed by atoms with E-state index in [0.717, 1.165) is 38.6 Å². The zero-order chi connectivity index (χ0) is 37.7. The third kappa shape index (κ3) is 7.07. The lowest BCUT2D eigenvalue weighted by Crippen LogP contribution is -1.85. The maximum atomic E-state index is 5.71. The lowest BCUT2D eigenvalue weighted by Gasteiger charge is -2.03. The molecule has 0 fully saturated rings. The smallest absolute Gasteiger partial charge is 0.0512 e. The minimum absolute atomic E-state index is 0.887. The Morgan fingerprint density at radius 3 is 1.35 bits per heavy atom. The van der Waals surface area contributed by atoms with E-state index in [4.69, 9.17) is 19.3 Å². The van der Waals surface area contributed by atoms with Crippen LogP contribution < -0.4 is 0 Å². The molecule has 0 aliphatic rings. The van der Waals surface area contributed by atoms with Crippen LogP contribution in [-0.2, 0) is 0 Å². The highest BCUT2D eigenvalue weighted by atomic mass is 127. The van der Waals surface area contributed by atoms with Crippen LogP contribution in [0.1, 0.15) is 27.8 Å². The first-order valence-corrected chi connectivity index (χ1v) is 20.2. The molecule has 0 aliphatic heterocycles. The topological polar surface area (TPSA) is 0 Å². The van der Waals surface area contributed by atoms with Gasteiger partial charge in [-0.2, -0.15) is 0 Å². The summed E-state index contributed by atoms with van der Waals surface area (Å²) >= 11 is 5.88. The van der Waals surface area contributed by atoms with Crippen LogP contribution in [0.2, 0.25) is 0 Å². The van der Waals surface area contributed by atoms with Crippen LogP contribution in [0.25, 0.3) is 61.9 Å². The molecule has 0 nitrogen and oxygen atoms in total. The van der Waals surface area contributed by atoms with Crippen LogP contribution in [-0.4, -0.2) is 0 Å². The lowest BCUT2D eigenvalue weighted by molar-refractivity contribution is 1.67. The summed E-state index contributed by atoms with van der Waals surface area (Å²) in [5.74, 6) is 15.0. The van der Waals surface area contributed by atoms with Crippen LogP contribution in [0.15, 0.2) is 158 Å². The number of hydrogen-bond acceptors (Lipinski definition) is 2. The van der Waals surface area contributed by atoms with Gasteiger partial charge >= 0.3 is 0 Å². The number of fused-ring (bicyclic) bond motifs is 8. The molecule has 0 aliphatic carbocycles. The second-order valence-corrected chi connectivity index (χ2v) is 15.9. The molecular formula is C52H29IS2. The van der Waals surface area contributed by atoms with E-state index < -0.39 is 0 Å². The minimum Gasteiger partial charge on any atom is -0.134 e. The molecule has 0 bridgehead atoms. The summed E-state index contributed by atoms with van der Waals surface area (Å²) in [6, 6.07) is 53.9. The van der Waals surface area contributed by atoms with Gasteiger partial charge in [-0.3, -0.25) is 0 Å². The largest absolute Gasteiger partial charge is 0.134 e. The molecule has 0 radical (unpaired) electrons. The van der Waals surface area contributed by atoms with Crippen molar-refractivity contribution in [1.29, 1.82) is 0 Å². The fraction of sp³-hybridized carbons (Fsp3) is 0. The second-order valence-electron chi connectivity index (χ2n) is 12.6. The van der Waals surface area contributed by atoms with E-state index in [-0.39, 0.29) is 0 Å². The average molecular weight is 845 g/mol. The minimum atomic E-state index is 0.887. The highest BCUT2D eigenvalue weighted by Gasteiger charge is 2.09. The molecule has 0 spiro atoms. The summed E-state index contributed by atoms with van der Waals surface area (Å²) in [6.45, 7) is 0. The van der Waals surface area contributed by atoms with Gasteiger partial charge < -0.3 is 0 Å². The molecular weight excluding hydrogens is 816 g/mol. The number of hydrogen-bond donors (Lipinski definition) is 0. The Labute approximate surface area is 342 Å². The van der Waals surface area contributed by atoms with Crippen molar-refractivity contribution in [1.82, 2.24) is 0 Å². The predicted molar refractivity (Wildman–Crippen MR) is 249 cm³/mol. The Morgan fingerprint density at radius 2 is 0.764 bits per heavy atom. The van der Waals surface area contributed by atoms with Gasteiger partial charge in [0.15, 0.2) is 0 Å². The molecule has 0 N–H and O–H groups in total. The molecule has 10 aromatic rings. The molecule has 256 valence electrons. The third-order valence-corrected chi connectivity index (χ3v) is 12.7. The summed E-state index contributed by atoms with van der Waals surface area (Å²) in [4.78, 5) is 0. The van der Waals surface area contributed by atoms with Crippen molar-refractivity contribution in [2.45, 2.75) is 0 Å². The Bertz CT molecular complexity index is 3260. The zero-order valence-electron chi connectivity index (χ0n) is 29.4. The zero-order valence-corrected chi connectivity index (χ0v) is 33.2. The highest BCUT2D eigenvalue weighted by molar-refractivity contribution is 14.1. The molecule has 0 amide bonds. The highest BCUT2D eigenvalue weighted by Crippen LogP contribution is 2.36. The van der Waals surface area contributed by atoms with Gasteiger partial charge in [-0.15, -0.1) is 41.9 Å². The van der Waals surface area contributed by atoms with E-state index in [9.17, 15) is 0 Å². The van der Waals surface area contributed by atoms with Gasteiger partial charge in [0.25, 0.3) is 0 Å². The van der Waals surface area contributed by atoms with Gasteiger partial charge in [-0.05, 0) is 81.9 Å². The quantitative estimate of drug-likeness (QED) is 0.105. The Kier molecular flexibility index (Phi) is 10.4. The summed E-state index contributed by atoms with van der Waals surface area (Å²) in [6.07, 6.45) is 16.6. The van der Waals surface area contributed by atoms with Gasteiger partial charge in [-0.1, -0.05) is 139 Å². The number of terminal acetylenes is 3. The van der Waals surface area contributed by atoms with Crippen LogP contribution in [0.3, 0.4) is 0 Å². The average Bonchev–Trinajstić information content (AvgIpc) is 3.82. The van der Waals surface area contributed by atoms with Crippen LogP contribution in [0, 0.1) is 52.4 Å². The van der Waals surface area contributed by atoms with Crippen LogP contribution in [0.5, 0.6) is 0 Å². The second kappa shape index (κ2) is 16.0. The first-order valence-electron chi connectivity index (χ1n) is 17.5. The molecule has 3 heteroatoms. The van der Waals surface area contributed by atoms with Crippen molar-refractivity contribution in [3.05, 3.63) is 189 Å². The fourth-order valence-corrected chi connectivity index (χ4v) is 9.98. The first-order chi connectivity index (χ1) is 27.1. The Morgan fingerprint density at radius 1 is 0.364 bits per heavy atom. The van der Waals surface area contributed by atoms with E-state index in [0.29, 0.717) is 0 Å². The lowest BCUT2D eigenvalue weighted by atomic mass is 9.99. The summed E-state index contributed by atoms with van der Waals surface area (Å²) < 4.78 is 6.27. The van der Waals surface area contributed by atoms with Gasteiger partial charge in [0.1, 0.15) is 0 Å². The molecule has 8 aromatic carbocycles. The summed E-state index contributed by atoms with van der Waals surface area (Å²) in [5.41, 5.74) is 4.89. The fourth-order valence-electron chi connectivity index (χ4n) is 6.82. The molecule has 0 saturated heterocycles. The Hall–Kier alpha value is -6.31.